The number of carboxylic acid groups (broad SMARTS) is 1. The Bertz CT molecular complexity index is 250. The smallest absolute Gasteiger partial charge is 0.304 e. The number of carbonyl (C=O) groups excluding carboxylic acids is 1. The average Bonchev–Trinajstić information content (AvgIpc) is 2.07. The highest BCUT2D eigenvalue weighted by atomic mass is 16.4. The Hall–Kier alpha value is -1.10. The SMILES string of the molecule is CC1(C)C(=O)NCCN1CCC(=O)O. The number of aliphatic carboxylic acids is 1. The number of hydrogen-bond acceptors (Lipinski definition) is 3. The molecule has 80 valence electrons. The van der Waals surface area contributed by atoms with Gasteiger partial charge in [0.15, 0.2) is 0 Å². The van der Waals surface area contributed by atoms with Crippen LogP contribution in [-0.4, -0.2) is 47.1 Å². The van der Waals surface area contributed by atoms with E-state index >= 15 is 0 Å². The molecule has 1 rings (SSSR count). The maximum atomic E-state index is 11.5. The molecule has 0 aliphatic carbocycles. The molecule has 1 amide bonds. The van der Waals surface area contributed by atoms with Crippen LogP contribution in [0.5, 0.6) is 0 Å². The van der Waals surface area contributed by atoms with Crippen molar-refractivity contribution in [3.8, 4) is 0 Å². The third-order valence-corrected chi connectivity index (χ3v) is 2.61. The second-order valence-corrected chi connectivity index (χ2v) is 3.95. The Kier molecular flexibility index (Phi) is 3.10. The fourth-order valence-electron chi connectivity index (χ4n) is 1.57. The molecule has 5 heteroatoms. The van der Waals surface area contributed by atoms with Crippen molar-refractivity contribution in [1.29, 1.82) is 0 Å². The molecule has 0 saturated carbocycles. The van der Waals surface area contributed by atoms with Crippen molar-refractivity contribution in [3.05, 3.63) is 0 Å². The van der Waals surface area contributed by atoms with Crippen LogP contribution in [0.2, 0.25) is 0 Å². The standard InChI is InChI=1S/C9H16N2O3/c1-9(2)8(14)10-4-6-11(9)5-3-7(12)13/h3-6H2,1-2H3,(H,10,14)(H,12,13). The molecular weight excluding hydrogens is 184 g/mol. The molecule has 2 N–H and O–H groups in total. The average molecular weight is 200 g/mol. The van der Waals surface area contributed by atoms with Crippen LogP contribution in [0.25, 0.3) is 0 Å². The van der Waals surface area contributed by atoms with E-state index in [0.717, 1.165) is 0 Å². The highest BCUT2D eigenvalue weighted by molar-refractivity contribution is 5.86. The lowest BCUT2D eigenvalue weighted by Gasteiger charge is -2.40. The zero-order valence-electron chi connectivity index (χ0n) is 8.54. The highest BCUT2D eigenvalue weighted by Crippen LogP contribution is 2.17. The van der Waals surface area contributed by atoms with Gasteiger partial charge in [0.05, 0.1) is 12.0 Å². The topological polar surface area (TPSA) is 69.6 Å². The summed E-state index contributed by atoms with van der Waals surface area (Å²) < 4.78 is 0. The van der Waals surface area contributed by atoms with E-state index < -0.39 is 11.5 Å². The van der Waals surface area contributed by atoms with Gasteiger partial charge in [-0.3, -0.25) is 14.5 Å². The molecule has 0 aromatic carbocycles. The molecular formula is C9H16N2O3. The Morgan fingerprint density at radius 3 is 2.86 bits per heavy atom. The predicted molar refractivity (Wildman–Crippen MR) is 50.9 cm³/mol. The van der Waals surface area contributed by atoms with Crippen molar-refractivity contribution in [2.75, 3.05) is 19.6 Å². The van der Waals surface area contributed by atoms with Crippen LogP contribution in [0.3, 0.4) is 0 Å². The number of amides is 1. The van der Waals surface area contributed by atoms with Crippen molar-refractivity contribution in [2.45, 2.75) is 25.8 Å². The first-order valence-corrected chi connectivity index (χ1v) is 4.70. The summed E-state index contributed by atoms with van der Waals surface area (Å²) in [4.78, 5) is 23.8. The van der Waals surface area contributed by atoms with Gasteiger partial charge in [0, 0.05) is 19.6 Å². The minimum atomic E-state index is -0.827. The number of nitrogens with one attached hydrogen (secondary N) is 1. The van der Waals surface area contributed by atoms with Gasteiger partial charge in [-0.05, 0) is 13.8 Å². The molecule has 0 radical (unpaired) electrons. The first kappa shape index (κ1) is 11.0. The van der Waals surface area contributed by atoms with E-state index in [4.69, 9.17) is 5.11 Å². The molecule has 0 aromatic heterocycles. The quantitative estimate of drug-likeness (QED) is 0.654. The van der Waals surface area contributed by atoms with Crippen molar-refractivity contribution >= 4 is 11.9 Å². The van der Waals surface area contributed by atoms with Gasteiger partial charge in [-0.15, -0.1) is 0 Å². The fourth-order valence-corrected chi connectivity index (χ4v) is 1.57. The summed E-state index contributed by atoms with van der Waals surface area (Å²) >= 11 is 0. The van der Waals surface area contributed by atoms with E-state index in [1.165, 1.54) is 0 Å². The van der Waals surface area contributed by atoms with E-state index in [2.05, 4.69) is 5.32 Å². The van der Waals surface area contributed by atoms with Crippen LogP contribution >= 0.6 is 0 Å². The monoisotopic (exact) mass is 200 g/mol. The van der Waals surface area contributed by atoms with Crippen LogP contribution in [0.15, 0.2) is 0 Å². The molecule has 0 atom stereocenters. The van der Waals surface area contributed by atoms with E-state index in [1.54, 1.807) is 0 Å². The molecule has 5 nitrogen and oxygen atoms in total. The fraction of sp³-hybridized carbons (Fsp3) is 0.778. The maximum Gasteiger partial charge on any atom is 0.304 e. The number of hydrogen-bond donors (Lipinski definition) is 2. The van der Waals surface area contributed by atoms with Crippen LogP contribution < -0.4 is 5.32 Å². The van der Waals surface area contributed by atoms with E-state index in [9.17, 15) is 9.59 Å². The summed E-state index contributed by atoms with van der Waals surface area (Å²) in [6, 6.07) is 0. The number of piperazine rings is 1. The van der Waals surface area contributed by atoms with Crippen molar-refractivity contribution in [1.82, 2.24) is 10.2 Å². The maximum absolute atomic E-state index is 11.5. The minimum absolute atomic E-state index is 0.0332. The molecule has 0 spiro atoms. The van der Waals surface area contributed by atoms with Gasteiger partial charge in [0.2, 0.25) is 5.91 Å². The zero-order chi connectivity index (χ0) is 10.8. The molecule has 0 aromatic rings. The first-order valence-electron chi connectivity index (χ1n) is 4.70. The number of nitrogens with zero attached hydrogens (tertiary/aromatic N) is 1. The molecule has 1 aliphatic heterocycles. The second kappa shape index (κ2) is 3.96. The Morgan fingerprint density at radius 2 is 2.29 bits per heavy atom. The molecule has 14 heavy (non-hydrogen) atoms. The lowest BCUT2D eigenvalue weighted by atomic mass is 9.99. The Labute approximate surface area is 83.1 Å². The normalized spacial score (nSPS) is 21.7. The van der Waals surface area contributed by atoms with Crippen molar-refractivity contribution in [3.63, 3.8) is 0 Å². The third kappa shape index (κ3) is 2.23. The van der Waals surface area contributed by atoms with Crippen LogP contribution in [-0.2, 0) is 9.59 Å². The lowest BCUT2D eigenvalue weighted by Crippen LogP contribution is -2.61. The van der Waals surface area contributed by atoms with Gasteiger partial charge in [0.1, 0.15) is 0 Å². The van der Waals surface area contributed by atoms with Gasteiger partial charge in [-0.25, -0.2) is 0 Å². The highest BCUT2D eigenvalue weighted by Gasteiger charge is 2.37. The van der Waals surface area contributed by atoms with Crippen LogP contribution in [0.4, 0.5) is 0 Å². The molecule has 0 bridgehead atoms. The summed E-state index contributed by atoms with van der Waals surface area (Å²) in [5.74, 6) is -0.860. The van der Waals surface area contributed by atoms with Crippen LogP contribution in [0, 0.1) is 0 Å². The van der Waals surface area contributed by atoms with Gasteiger partial charge < -0.3 is 10.4 Å². The first-order chi connectivity index (χ1) is 6.44. The van der Waals surface area contributed by atoms with Gasteiger partial charge in [0.25, 0.3) is 0 Å². The molecule has 0 unspecified atom stereocenters. The Morgan fingerprint density at radius 1 is 1.64 bits per heavy atom. The van der Waals surface area contributed by atoms with Gasteiger partial charge in [-0.1, -0.05) is 0 Å². The van der Waals surface area contributed by atoms with E-state index in [0.29, 0.717) is 19.6 Å². The minimum Gasteiger partial charge on any atom is -0.481 e. The second-order valence-electron chi connectivity index (χ2n) is 3.95. The van der Waals surface area contributed by atoms with Crippen LogP contribution in [0.1, 0.15) is 20.3 Å². The number of rotatable bonds is 3. The third-order valence-electron chi connectivity index (χ3n) is 2.61. The van der Waals surface area contributed by atoms with E-state index in [-0.39, 0.29) is 12.3 Å². The molecule has 1 saturated heterocycles. The predicted octanol–water partition coefficient (Wildman–Crippen LogP) is -0.328. The van der Waals surface area contributed by atoms with Crippen molar-refractivity contribution < 1.29 is 14.7 Å². The Balaban J connectivity index is 2.58. The number of carbonyl (C=O) groups is 2. The summed E-state index contributed by atoms with van der Waals surface area (Å²) in [6.07, 6.45) is 0.0801. The van der Waals surface area contributed by atoms with E-state index in [1.807, 2.05) is 18.7 Å². The van der Waals surface area contributed by atoms with Gasteiger partial charge in [-0.2, -0.15) is 0 Å². The summed E-state index contributed by atoms with van der Waals surface area (Å²) in [5.41, 5.74) is -0.590. The summed E-state index contributed by atoms with van der Waals surface area (Å²) in [7, 11) is 0. The number of carboxylic acids is 1. The van der Waals surface area contributed by atoms with Gasteiger partial charge >= 0.3 is 5.97 Å². The zero-order valence-corrected chi connectivity index (χ0v) is 8.54. The van der Waals surface area contributed by atoms with Crippen molar-refractivity contribution in [2.24, 2.45) is 0 Å². The summed E-state index contributed by atoms with van der Waals surface area (Å²) in [5, 5.41) is 11.3. The molecule has 1 heterocycles. The largest absolute Gasteiger partial charge is 0.481 e. The lowest BCUT2D eigenvalue weighted by molar-refractivity contribution is -0.141. The summed E-state index contributed by atoms with van der Waals surface area (Å²) in [6.45, 7) is 5.36. The molecule has 1 fully saturated rings. The molecule has 1 aliphatic rings.